The van der Waals surface area contributed by atoms with Gasteiger partial charge < -0.3 is 10.1 Å². The quantitative estimate of drug-likeness (QED) is 0.680. The minimum absolute atomic E-state index is 0.0491. The van der Waals surface area contributed by atoms with Crippen LogP contribution in [0.1, 0.15) is 11.1 Å². The number of nitro benzene ring substituents is 1. The fourth-order valence-corrected chi connectivity index (χ4v) is 1.29. The first kappa shape index (κ1) is 14.7. The number of benzene rings is 1. The Balaban J connectivity index is 3.07. The molecule has 6 nitrogen and oxygen atoms in total. The summed E-state index contributed by atoms with van der Waals surface area (Å²) in [4.78, 5) is 20.4. The van der Waals surface area contributed by atoms with Crippen LogP contribution in [0.25, 0.3) is 0 Å². The highest BCUT2D eigenvalue weighted by molar-refractivity contribution is 5.66. The Labute approximate surface area is 105 Å². The Kier molecular flexibility index (Phi) is 4.30. The van der Waals surface area contributed by atoms with Crippen LogP contribution in [-0.2, 0) is 17.5 Å². The van der Waals surface area contributed by atoms with Crippen LogP contribution in [0.2, 0.25) is 0 Å². The highest BCUT2D eigenvalue weighted by Gasteiger charge is 2.32. The number of alkyl halides is 3. The number of nitrogens with zero attached hydrogens (tertiary/aromatic N) is 1. The lowest BCUT2D eigenvalue weighted by Gasteiger charge is -2.09. The molecule has 0 bridgehead atoms. The summed E-state index contributed by atoms with van der Waals surface area (Å²) in [6.07, 6.45) is -5.55. The lowest BCUT2D eigenvalue weighted by atomic mass is 10.1. The van der Waals surface area contributed by atoms with Crippen molar-refractivity contribution >= 4 is 11.8 Å². The number of carbonyl (C=O) groups is 1. The zero-order chi connectivity index (χ0) is 14.6. The molecule has 1 rings (SSSR count). The third kappa shape index (κ3) is 4.12. The fourth-order valence-electron chi connectivity index (χ4n) is 1.29. The molecule has 0 spiro atoms. The van der Waals surface area contributed by atoms with E-state index in [0.717, 1.165) is 19.2 Å². The van der Waals surface area contributed by atoms with Crippen molar-refractivity contribution in [3.05, 3.63) is 39.4 Å². The van der Waals surface area contributed by atoms with E-state index in [0.29, 0.717) is 6.07 Å². The summed E-state index contributed by atoms with van der Waals surface area (Å²) in [7, 11) is 1.09. The average Bonchev–Trinajstić information content (AvgIpc) is 2.34. The molecular weight excluding hydrogens is 269 g/mol. The molecule has 0 radical (unpaired) electrons. The number of amides is 1. The summed E-state index contributed by atoms with van der Waals surface area (Å²) in [6, 6.07) is 2.11. The van der Waals surface area contributed by atoms with Gasteiger partial charge in [-0.3, -0.25) is 10.1 Å². The predicted molar refractivity (Wildman–Crippen MR) is 57.3 cm³/mol. The van der Waals surface area contributed by atoms with Crippen molar-refractivity contribution in [3.63, 3.8) is 0 Å². The van der Waals surface area contributed by atoms with E-state index in [2.05, 4.69) is 10.1 Å². The summed E-state index contributed by atoms with van der Waals surface area (Å²) in [5.41, 5.74) is -1.90. The first-order valence-corrected chi connectivity index (χ1v) is 4.91. The van der Waals surface area contributed by atoms with E-state index in [1.165, 1.54) is 0 Å². The van der Waals surface area contributed by atoms with Gasteiger partial charge in [0.05, 0.1) is 17.6 Å². The first-order valence-electron chi connectivity index (χ1n) is 4.91. The molecule has 0 saturated heterocycles. The standard InChI is InChI=1S/C10H9F3N2O4/c1-19-9(16)14-5-6-2-7(10(11,12)13)4-8(3-6)15(17)18/h2-4H,5H2,1H3,(H,14,16). The van der Waals surface area contributed by atoms with Crippen molar-refractivity contribution in [1.82, 2.24) is 5.32 Å². The topological polar surface area (TPSA) is 81.5 Å². The van der Waals surface area contributed by atoms with Gasteiger partial charge in [-0.25, -0.2) is 4.79 Å². The van der Waals surface area contributed by atoms with Crippen LogP contribution >= 0.6 is 0 Å². The summed E-state index contributed by atoms with van der Waals surface area (Å²) in [5.74, 6) is 0. The molecule has 0 aliphatic heterocycles. The molecule has 0 atom stereocenters. The molecule has 0 saturated carbocycles. The lowest BCUT2D eigenvalue weighted by molar-refractivity contribution is -0.385. The van der Waals surface area contributed by atoms with Gasteiger partial charge in [0, 0.05) is 18.7 Å². The average molecular weight is 278 g/mol. The van der Waals surface area contributed by atoms with Gasteiger partial charge in [-0.2, -0.15) is 13.2 Å². The number of carbonyl (C=O) groups excluding carboxylic acids is 1. The summed E-state index contributed by atoms with van der Waals surface area (Å²) in [6.45, 7) is -0.308. The Morgan fingerprint density at radius 1 is 1.42 bits per heavy atom. The molecule has 0 unspecified atom stereocenters. The van der Waals surface area contributed by atoms with Gasteiger partial charge in [0.1, 0.15) is 0 Å². The molecule has 0 aliphatic carbocycles. The predicted octanol–water partition coefficient (Wildman–Crippen LogP) is 2.47. The van der Waals surface area contributed by atoms with Crippen LogP contribution in [0.5, 0.6) is 0 Å². The number of non-ortho nitro benzene ring substituents is 1. The maximum Gasteiger partial charge on any atom is 0.416 e. The van der Waals surface area contributed by atoms with E-state index in [1.807, 2.05) is 0 Å². The molecule has 1 aromatic rings. The number of halogens is 3. The highest BCUT2D eigenvalue weighted by atomic mass is 19.4. The molecule has 1 N–H and O–H groups in total. The van der Waals surface area contributed by atoms with E-state index in [1.54, 1.807) is 0 Å². The molecule has 0 aliphatic rings. The van der Waals surface area contributed by atoms with Crippen LogP contribution in [0.3, 0.4) is 0 Å². The summed E-state index contributed by atoms with van der Waals surface area (Å²) < 4.78 is 41.9. The fraction of sp³-hybridized carbons (Fsp3) is 0.300. The number of rotatable bonds is 3. The Bertz CT molecular complexity index is 502. The van der Waals surface area contributed by atoms with Gasteiger partial charge in [0.25, 0.3) is 5.69 Å². The minimum atomic E-state index is -4.70. The van der Waals surface area contributed by atoms with Gasteiger partial charge in [-0.1, -0.05) is 0 Å². The molecule has 19 heavy (non-hydrogen) atoms. The number of alkyl carbamates (subject to hydrolysis) is 1. The maximum absolute atomic E-state index is 12.5. The SMILES string of the molecule is COC(=O)NCc1cc([N+](=O)[O-])cc(C(F)(F)F)c1. The van der Waals surface area contributed by atoms with Gasteiger partial charge in [0.2, 0.25) is 0 Å². The van der Waals surface area contributed by atoms with Gasteiger partial charge in [-0.05, 0) is 11.6 Å². The van der Waals surface area contributed by atoms with Crippen LogP contribution in [0.4, 0.5) is 23.7 Å². The minimum Gasteiger partial charge on any atom is -0.453 e. The molecule has 0 aromatic heterocycles. The van der Waals surface area contributed by atoms with Crippen molar-refractivity contribution in [1.29, 1.82) is 0 Å². The Morgan fingerprint density at radius 2 is 2.05 bits per heavy atom. The van der Waals surface area contributed by atoms with Crippen molar-refractivity contribution in [2.75, 3.05) is 7.11 Å². The number of ether oxygens (including phenoxy) is 1. The highest BCUT2D eigenvalue weighted by Crippen LogP contribution is 2.32. The van der Waals surface area contributed by atoms with E-state index in [9.17, 15) is 28.1 Å². The van der Waals surface area contributed by atoms with Crippen LogP contribution in [0, 0.1) is 10.1 Å². The van der Waals surface area contributed by atoms with Gasteiger partial charge >= 0.3 is 12.3 Å². The normalized spacial score (nSPS) is 10.9. The van der Waals surface area contributed by atoms with E-state index in [4.69, 9.17) is 0 Å². The third-order valence-electron chi connectivity index (χ3n) is 2.14. The summed E-state index contributed by atoms with van der Waals surface area (Å²) >= 11 is 0. The number of hydrogen-bond donors (Lipinski definition) is 1. The van der Waals surface area contributed by atoms with E-state index >= 15 is 0 Å². The maximum atomic E-state index is 12.5. The monoisotopic (exact) mass is 278 g/mol. The second-order valence-electron chi connectivity index (χ2n) is 3.49. The second kappa shape index (κ2) is 5.55. The van der Waals surface area contributed by atoms with Crippen molar-refractivity contribution in [2.24, 2.45) is 0 Å². The Hall–Kier alpha value is -2.32. The number of nitro groups is 1. The molecule has 9 heteroatoms. The van der Waals surface area contributed by atoms with E-state index in [-0.39, 0.29) is 12.1 Å². The first-order chi connectivity index (χ1) is 8.74. The van der Waals surface area contributed by atoms with Crippen molar-refractivity contribution in [2.45, 2.75) is 12.7 Å². The van der Waals surface area contributed by atoms with Crippen LogP contribution in [-0.4, -0.2) is 18.1 Å². The molecule has 1 aromatic carbocycles. The van der Waals surface area contributed by atoms with Crippen molar-refractivity contribution < 1.29 is 27.6 Å². The molecular formula is C10H9F3N2O4. The second-order valence-corrected chi connectivity index (χ2v) is 3.49. The van der Waals surface area contributed by atoms with Crippen LogP contribution in [0.15, 0.2) is 18.2 Å². The Morgan fingerprint density at radius 3 is 2.53 bits per heavy atom. The third-order valence-corrected chi connectivity index (χ3v) is 2.14. The molecule has 0 fully saturated rings. The number of methoxy groups -OCH3 is 1. The zero-order valence-electron chi connectivity index (χ0n) is 9.65. The smallest absolute Gasteiger partial charge is 0.416 e. The molecule has 0 heterocycles. The van der Waals surface area contributed by atoms with Crippen LogP contribution < -0.4 is 5.32 Å². The van der Waals surface area contributed by atoms with E-state index < -0.39 is 28.4 Å². The zero-order valence-corrected chi connectivity index (χ0v) is 9.65. The van der Waals surface area contributed by atoms with Gasteiger partial charge in [0.15, 0.2) is 0 Å². The molecule has 104 valence electrons. The van der Waals surface area contributed by atoms with Crippen molar-refractivity contribution in [3.8, 4) is 0 Å². The largest absolute Gasteiger partial charge is 0.453 e. The van der Waals surface area contributed by atoms with Gasteiger partial charge in [-0.15, -0.1) is 0 Å². The molecule has 1 amide bonds. The number of hydrogen-bond acceptors (Lipinski definition) is 4. The number of nitrogens with one attached hydrogen (secondary N) is 1. The lowest BCUT2D eigenvalue weighted by Crippen LogP contribution is -2.22. The summed E-state index contributed by atoms with van der Waals surface area (Å²) in [5, 5.41) is 12.7.